The topological polar surface area (TPSA) is 20.3 Å². The monoisotopic (exact) mass is 433 g/mol. The van der Waals surface area contributed by atoms with E-state index in [1.54, 1.807) is 0 Å². The van der Waals surface area contributed by atoms with Crippen molar-refractivity contribution >= 4 is 5.91 Å². The predicted octanol–water partition coefficient (Wildman–Crippen LogP) is 8.78. The summed E-state index contributed by atoms with van der Waals surface area (Å²) < 4.78 is 0. The van der Waals surface area contributed by atoms with Gasteiger partial charge < -0.3 is 4.90 Å². The highest BCUT2D eigenvalue weighted by atomic mass is 16.2. The van der Waals surface area contributed by atoms with Crippen LogP contribution in [0, 0.1) is 23.2 Å². The van der Waals surface area contributed by atoms with Gasteiger partial charge in [-0.1, -0.05) is 98.3 Å². The van der Waals surface area contributed by atoms with E-state index >= 15 is 0 Å². The summed E-state index contributed by atoms with van der Waals surface area (Å²) in [6.07, 6.45) is 24.1. The Morgan fingerprint density at radius 2 is 1.39 bits per heavy atom. The van der Waals surface area contributed by atoms with Crippen molar-refractivity contribution in [3.63, 3.8) is 0 Å². The molecule has 0 radical (unpaired) electrons. The maximum absolute atomic E-state index is 13.1. The summed E-state index contributed by atoms with van der Waals surface area (Å²) in [6, 6.07) is 0. The molecule has 2 atom stereocenters. The lowest BCUT2D eigenvalue weighted by Crippen LogP contribution is -2.50. The molecule has 1 saturated heterocycles. The predicted molar refractivity (Wildman–Crippen MR) is 135 cm³/mol. The van der Waals surface area contributed by atoms with E-state index in [1.807, 2.05) is 0 Å². The first-order chi connectivity index (χ1) is 15.1. The van der Waals surface area contributed by atoms with Crippen LogP contribution in [-0.2, 0) is 4.79 Å². The molecule has 1 aliphatic carbocycles. The fourth-order valence-corrected chi connectivity index (χ4v) is 6.59. The third-order valence-electron chi connectivity index (χ3n) is 8.57. The summed E-state index contributed by atoms with van der Waals surface area (Å²) in [5, 5.41) is 0. The highest BCUT2D eigenvalue weighted by molar-refractivity contribution is 5.78. The molecule has 0 bridgehead atoms. The molecule has 1 saturated carbocycles. The lowest BCUT2D eigenvalue weighted by molar-refractivity contribution is -0.140. The molecular weight excluding hydrogens is 378 g/mol. The van der Waals surface area contributed by atoms with Crippen LogP contribution in [0.5, 0.6) is 0 Å². The third-order valence-corrected chi connectivity index (χ3v) is 8.57. The van der Waals surface area contributed by atoms with E-state index in [1.165, 1.54) is 96.3 Å². The molecule has 1 spiro atoms. The second kappa shape index (κ2) is 14.6. The normalized spacial score (nSPS) is 20.6. The van der Waals surface area contributed by atoms with Crippen molar-refractivity contribution in [3.05, 3.63) is 0 Å². The van der Waals surface area contributed by atoms with Crippen LogP contribution < -0.4 is 0 Å². The first kappa shape index (κ1) is 26.7. The molecule has 2 nitrogen and oxygen atoms in total. The molecule has 0 aromatic heterocycles. The quantitative estimate of drug-likeness (QED) is 0.223. The lowest BCUT2D eigenvalue weighted by Gasteiger charge is -2.53. The van der Waals surface area contributed by atoms with E-state index in [0.717, 1.165) is 44.2 Å². The van der Waals surface area contributed by atoms with Crippen LogP contribution in [0.4, 0.5) is 0 Å². The molecule has 2 heteroatoms. The van der Waals surface area contributed by atoms with E-state index in [4.69, 9.17) is 0 Å². The maximum Gasteiger partial charge on any atom is 0.225 e. The molecule has 0 aromatic rings. The molecule has 2 rings (SSSR count). The highest BCUT2D eigenvalue weighted by Crippen LogP contribution is 2.55. The van der Waals surface area contributed by atoms with Crippen molar-refractivity contribution < 1.29 is 4.79 Å². The minimum Gasteiger partial charge on any atom is -0.342 e. The van der Waals surface area contributed by atoms with Gasteiger partial charge in [0.25, 0.3) is 0 Å². The maximum atomic E-state index is 13.1. The van der Waals surface area contributed by atoms with Gasteiger partial charge in [0, 0.05) is 19.0 Å². The Labute approximate surface area is 195 Å². The number of amides is 1. The van der Waals surface area contributed by atoms with Crippen molar-refractivity contribution in [2.75, 3.05) is 13.1 Å². The number of carbonyl (C=O) groups excluding carboxylic acids is 1. The van der Waals surface area contributed by atoms with Crippen LogP contribution in [-0.4, -0.2) is 23.9 Å². The van der Waals surface area contributed by atoms with E-state index in [9.17, 15) is 4.79 Å². The fourth-order valence-electron chi connectivity index (χ4n) is 6.59. The number of hydrogen-bond acceptors (Lipinski definition) is 1. The van der Waals surface area contributed by atoms with Crippen LogP contribution in [0.2, 0.25) is 0 Å². The van der Waals surface area contributed by atoms with Gasteiger partial charge in [0.15, 0.2) is 0 Å². The largest absolute Gasteiger partial charge is 0.342 e. The molecular formula is C29H55NO. The summed E-state index contributed by atoms with van der Waals surface area (Å²) in [5.41, 5.74) is 0.600. The zero-order valence-corrected chi connectivity index (χ0v) is 21.7. The Hall–Kier alpha value is -0.530. The van der Waals surface area contributed by atoms with E-state index in [2.05, 4.69) is 32.6 Å². The van der Waals surface area contributed by atoms with Crippen LogP contribution in [0.1, 0.15) is 143 Å². The summed E-state index contributed by atoms with van der Waals surface area (Å²) >= 11 is 0. The Kier molecular flexibility index (Phi) is 12.6. The second-order valence-electron chi connectivity index (χ2n) is 11.3. The van der Waals surface area contributed by atoms with Gasteiger partial charge in [0.05, 0.1) is 0 Å². The number of hydrogen-bond donors (Lipinski definition) is 0. The number of carbonyl (C=O) groups is 1. The first-order valence-electron chi connectivity index (χ1n) is 14.4. The van der Waals surface area contributed by atoms with Crippen molar-refractivity contribution in [1.82, 2.24) is 4.90 Å². The van der Waals surface area contributed by atoms with Gasteiger partial charge in [-0.25, -0.2) is 0 Å². The van der Waals surface area contributed by atoms with Gasteiger partial charge in [-0.2, -0.15) is 0 Å². The van der Waals surface area contributed by atoms with Gasteiger partial charge >= 0.3 is 0 Å². The molecule has 1 aliphatic heterocycles. The van der Waals surface area contributed by atoms with Crippen LogP contribution >= 0.6 is 0 Å². The minimum atomic E-state index is 0.292. The Morgan fingerprint density at radius 3 is 2.00 bits per heavy atom. The molecule has 0 aromatic carbocycles. The fraction of sp³-hybridized carbons (Fsp3) is 0.966. The molecule has 1 amide bonds. The Bertz CT molecular complexity index is 471. The lowest BCUT2D eigenvalue weighted by atomic mass is 9.55. The van der Waals surface area contributed by atoms with Gasteiger partial charge in [0.2, 0.25) is 5.91 Å². The molecule has 31 heavy (non-hydrogen) atoms. The van der Waals surface area contributed by atoms with E-state index in [0.29, 0.717) is 17.2 Å². The SMILES string of the molecule is CCCCCCC(CCCC)CC1CC2(CCN(C(=O)C(CCC)CCCC)CC2)C1. The smallest absolute Gasteiger partial charge is 0.225 e. The summed E-state index contributed by atoms with van der Waals surface area (Å²) in [4.78, 5) is 15.3. The average Bonchev–Trinajstić information content (AvgIpc) is 2.76. The molecule has 2 aliphatic rings. The molecule has 2 unspecified atom stereocenters. The van der Waals surface area contributed by atoms with Crippen LogP contribution in [0.3, 0.4) is 0 Å². The van der Waals surface area contributed by atoms with Gasteiger partial charge in [-0.3, -0.25) is 4.79 Å². The first-order valence-corrected chi connectivity index (χ1v) is 14.4. The number of rotatable bonds is 16. The third kappa shape index (κ3) is 8.73. The number of likely N-dealkylation sites (tertiary alicyclic amines) is 1. The summed E-state index contributed by atoms with van der Waals surface area (Å²) in [7, 11) is 0. The van der Waals surface area contributed by atoms with Crippen molar-refractivity contribution in [2.45, 2.75) is 143 Å². The van der Waals surface area contributed by atoms with Crippen molar-refractivity contribution in [1.29, 1.82) is 0 Å². The molecule has 2 fully saturated rings. The zero-order chi connectivity index (χ0) is 22.5. The van der Waals surface area contributed by atoms with Crippen molar-refractivity contribution in [3.8, 4) is 0 Å². The number of unbranched alkanes of at least 4 members (excludes halogenated alkanes) is 5. The number of nitrogens with zero attached hydrogens (tertiary/aromatic N) is 1. The van der Waals surface area contributed by atoms with E-state index in [-0.39, 0.29) is 0 Å². The van der Waals surface area contributed by atoms with Gasteiger partial charge in [-0.05, 0) is 62.2 Å². The zero-order valence-electron chi connectivity index (χ0n) is 21.7. The minimum absolute atomic E-state index is 0.292. The standard InChI is InChI=1S/C29H55NO/c1-5-9-12-13-16-25(15-10-6-2)22-26-23-29(24-26)18-20-30(21-19-29)28(31)27(14-8-4)17-11-7-3/h25-27H,5-24H2,1-4H3. The summed E-state index contributed by atoms with van der Waals surface area (Å²) in [5.74, 6) is 2.73. The molecule has 1 heterocycles. The van der Waals surface area contributed by atoms with Crippen LogP contribution in [0.15, 0.2) is 0 Å². The molecule has 182 valence electrons. The van der Waals surface area contributed by atoms with Gasteiger partial charge in [0.1, 0.15) is 0 Å². The number of piperidine rings is 1. The van der Waals surface area contributed by atoms with Gasteiger partial charge in [-0.15, -0.1) is 0 Å². The van der Waals surface area contributed by atoms with Crippen molar-refractivity contribution in [2.24, 2.45) is 23.2 Å². The Morgan fingerprint density at radius 1 is 0.774 bits per heavy atom. The molecule has 0 N–H and O–H groups in total. The van der Waals surface area contributed by atoms with E-state index < -0.39 is 0 Å². The highest BCUT2D eigenvalue weighted by Gasteiger charge is 2.46. The second-order valence-corrected chi connectivity index (χ2v) is 11.3. The summed E-state index contributed by atoms with van der Waals surface area (Å²) in [6.45, 7) is 11.2. The Balaban J connectivity index is 1.74. The van der Waals surface area contributed by atoms with Crippen LogP contribution in [0.25, 0.3) is 0 Å². The average molecular weight is 434 g/mol.